The smallest absolute Gasteiger partial charge is 0.123 e. The first-order chi connectivity index (χ1) is 8.70. The Bertz CT molecular complexity index is 517. The maximum atomic E-state index is 13.3. The number of hydrogen-bond donors (Lipinski definition) is 1. The third-order valence-corrected chi connectivity index (χ3v) is 3.13. The van der Waals surface area contributed by atoms with Gasteiger partial charge < -0.3 is 9.88 Å². The molecule has 1 N–H and O–H groups in total. The summed E-state index contributed by atoms with van der Waals surface area (Å²) < 4.78 is 15.4. The molecule has 0 bridgehead atoms. The average molecular weight is 246 g/mol. The summed E-state index contributed by atoms with van der Waals surface area (Å²) in [7, 11) is 0. The second-order valence-electron chi connectivity index (χ2n) is 4.48. The molecule has 96 valence electrons. The first kappa shape index (κ1) is 12.8. The minimum Gasteiger partial charge on any atom is -0.346 e. The lowest BCUT2D eigenvalue weighted by Crippen LogP contribution is -2.15. The van der Waals surface area contributed by atoms with Crippen LogP contribution in [0, 0.1) is 12.7 Å². The monoisotopic (exact) mass is 246 g/mol. The summed E-state index contributed by atoms with van der Waals surface area (Å²) in [6, 6.07) is 9.08. The number of aryl methyl sites for hydroxylation is 1. The molecule has 0 fully saturated rings. The zero-order valence-corrected chi connectivity index (χ0v) is 10.9. The molecular formula is C15H19FN2. The largest absolute Gasteiger partial charge is 0.346 e. The van der Waals surface area contributed by atoms with Gasteiger partial charge in [0.1, 0.15) is 5.82 Å². The lowest BCUT2D eigenvalue weighted by Gasteiger charge is -2.12. The summed E-state index contributed by atoms with van der Waals surface area (Å²) in [5.74, 6) is -0.170. The lowest BCUT2D eigenvalue weighted by atomic mass is 10.1. The number of nitrogens with one attached hydrogen (secondary N) is 1. The van der Waals surface area contributed by atoms with E-state index in [1.807, 2.05) is 25.3 Å². The van der Waals surface area contributed by atoms with Crippen LogP contribution in [-0.2, 0) is 13.1 Å². The summed E-state index contributed by atoms with van der Waals surface area (Å²) >= 11 is 0. The topological polar surface area (TPSA) is 17.0 Å². The molecule has 0 radical (unpaired) electrons. The predicted molar refractivity (Wildman–Crippen MR) is 72.1 cm³/mol. The quantitative estimate of drug-likeness (QED) is 0.858. The van der Waals surface area contributed by atoms with E-state index in [2.05, 4.69) is 22.9 Å². The van der Waals surface area contributed by atoms with E-state index in [9.17, 15) is 4.39 Å². The van der Waals surface area contributed by atoms with Crippen LogP contribution < -0.4 is 5.32 Å². The number of hydrogen-bond acceptors (Lipinski definition) is 1. The third-order valence-electron chi connectivity index (χ3n) is 3.13. The van der Waals surface area contributed by atoms with Gasteiger partial charge >= 0.3 is 0 Å². The highest BCUT2D eigenvalue weighted by atomic mass is 19.1. The predicted octanol–water partition coefficient (Wildman–Crippen LogP) is 3.09. The van der Waals surface area contributed by atoms with Gasteiger partial charge in [0.25, 0.3) is 0 Å². The Balaban J connectivity index is 2.18. The highest BCUT2D eigenvalue weighted by Crippen LogP contribution is 2.14. The van der Waals surface area contributed by atoms with Crippen molar-refractivity contribution in [1.29, 1.82) is 0 Å². The zero-order valence-electron chi connectivity index (χ0n) is 10.9. The Morgan fingerprint density at radius 3 is 2.89 bits per heavy atom. The lowest BCUT2D eigenvalue weighted by molar-refractivity contribution is 0.618. The van der Waals surface area contributed by atoms with Crippen LogP contribution >= 0.6 is 0 Å². The van der Waals surface area contributed by atoms with E-state index in [-0.39, 0.29) is 5.82 Å². The summed E-state index contributed by atoms with van der Waals surface area (Å²) in [6.45, 7) is 6.62. The summed E-state index contributed by atoms with van der Waals surface area (Å²) in [5, 5.41) is 3.31. The number of benzene rings is 1. The van der Waals surface area contributed by atoms with Gasteiger partial charge in [-0.15, -0.1) is 0 Å². The molecule has 0 atom stereocenters. The Labute approximate surface area is 107 Å². The number of aromatic nitrogens is 1. The van der Waals surface area contributed by atoms with Crippen LogP contribution in [0.25, 0.3) is 0 Å². The molecular weight excluding hydrogens is 227 g/mol. The molecule has 0 aliphatic carbocycles. The van der Waals surface area contributed by atoms with Gasteiger partial charge in [-0.1, -0.05) is 13.0 Å². The third kappa shape index (κ3) is 2.99. The van der Waals surface area contributed by atoms with Crippen LogP contribution in [0.2, 0.25) is 0 Å². The van der Waals surface area contributed by atoms with E-state index >= 15 is 0 Å². The molecule has 3 heteroatoms. The van der Waals surface area contributed by atoms with Gasteiger partial charge in [-0.25, -0.2) is 4.39 Å². The Morgan fingerprint density at radius 1 is 1.28 bits per heavy atom. The number of nitrogens with zero attached hydrogens (tertiary/aromatic N) is 1. The van der Waals surface area contributed by atoms with Gasteiger partial charge in [-0.05, 0) is 48.9 Å². The second-order valence-corrected chi connectivity index (χ2v) is 4.48. The van der Waals surface area contributed by atoms with Crippen molar-refractivity contribution in [2.45, 2.75) is 26.9 Å². The molecule has 2 aromatic rings. The van der Waals surface area contributed by atoms with Crippen LogP contribution in [0.3, 0.4) is 0 Å². The van der Waals surface area contributed by atoms with Crippen LogP contribution in [0.1, 0.15) is 23.7 Å². The maximum Gasteiger partial charge on any atom is 0.123 e. The molecule has 0 saturated carbocycles. The van der Waals surface area contributed by atoms with Crippen LogP contribution in [0.5, 0.6) is 0 Å². The normalized spacial score (nSPS) is 10.8. The maximum absolute atomic E-state index is 13.3. The SMILES string of the molecule is CCNCc1cccn1Cc1cc(F)ccc1C. The van der Waals surface area contributed by atoms with E-state index in [0.29, 0.717) is 0 Å². The summed E-state index contributed by atoms with van der Waals surface area (Å²) in [6.07, 6.45) is 2.04. The van der Waals surface area contributed by atoms with Gasteiger partial charge in [0.05, 0.1) is 0 Å². The molecule has 1 aromatic carbocycles. The molecule has 0 unspecified atom stereocenters. The van der Waals surface area contributed by atoms with Crippen molar-refractivity contribution < 1.29 is 4.39 Å². The highest BCUT2D eigenvalue weighted by Gasteiger charge is 2.04. The van der Waals surface area contributed by atoms with Crippen molar-refractivity contribution in [1.82, 2.24) is 9.88 Å². The van der Waals surface area contributed by atoms with Gasteiger partial charge in [-0.3, -0.25) is 0 Å². The minimum atomic E-state index is -0.170. The van der Waals surface area contributed by atoms with Gasteiger partial charge in [0, 0.05) is 25.0 Å². The fourth-order valence-electron chi connectivity index (χ4n) is 2.01. The molecule has 1 heterocycles. The summed E-state index contributed by atoms with van der Waals surface area (Å²) in [4.78, 5) is 0. The molecule has 2 rings (SSSR count). The second kappa shape index (κ2) is 5.83. The van der Waals surface area contributed by atoms with Gasteiger partial charge in [-0.2, -0.15) is 0 Å². The molecule has 18 heavy (non-hydrogen) atoms. The fraction of sp³-hybridized carbons (Fsp3) is 0.333. The van der Waals surface area contributed by atoms with Crippen molar-refractivity contribution in [3.8, 4) is 0 Å². The van der Waals surface area contributed by atoms with E-state index < -0.39 is 0 Å². The molecule has 0 amide bonds. The number of rotatable bonds is 5. The van der Waals surface area contributed by atoms with Crippen LogP contribution in [0.4, 0.5) is 4.39 Å². The van der Waals surface area contributed by atoms with E-state index in [1.165, 1.54) is 11.8 Å². The van der Waals surface area contributed by atoms with E-state index in [1.54, 1.807) is 6.07 Å². The van der Waals surface area contributed by atoms with E-state index in [0.717, 1.165) is 30.8 Å². The molecule has 0 saturated heterocycles. The fourth-order valence-corrected chi connectivity index (χ4v) is 2.01. The standard InChI is InChI=1S/C15H19FN2/c1-3-17-10-15-5-4-8-18(15)11-13-9-14(16)7-6-12(13)2/h4-9,17H,3,10-11H2,1-2H3. The zero-order chi connectivity index (χ0) is 13.0. The average Bonchev–Trinajstić information content (AvgIpc) is 2.79. The molecule has 0 aliphatic rings. The summed E-state index contributed by atoms with van der Waals surface area (Å²) in [5.41, 5.74) is 3.38. The Hall–Kier alpha value is -1.61. The van der Waals surface area contributed by atoms with E-state index in [4.69, 9.17) is 0 Å². The first-order valence-corrected chi connectivity index (χ1v) is 6.30. The Kier molecular flexibility index (Phi) is 4.15. The van der Waals surface area contributed by atoms with Crippen molar-refractivity contribution in [2.75, 3.05) is 6.54 Å². The van der Waals surface area contributed by atoms with Crippen molar-refractivity contribution >= 4 is 0 Å². The van der Waals surface area contributed by atoms with Crippen LogP contribution in [-0.4, -0.2) is 11.1 Å². The molecule has 2 nitrogen and oxygen atoms in total. The molecule has 0 spiro atoms. The van der Waals surface area contributed by atoms with Crippen molar-refractivity contribution in [3.63, 3.8) is 0 Å². The van der Waals surface area contributed by atoms with Crippen molar-refractivity contribution in [2.24, 2.45) is 0 Å². The van der Waals surface area contributed by atoms with Gasteiger partial charge in [0.15, 0.2) is 0 Å². The van der Waals surface area contributed by atoms with Crippen LogP contribution in [0.15, 0.2) is 36.5 Å². The first-order valence-electron chi connectivity index (χ1n) is 6.30. The number of halogens is 1. The molecule has 1 aromatic heterocycles. The minimum absolute atomic E-state index is 0.170. The van der Waals surface area contributed by atoms with Crippen molar-refractivity contribution in [3.05, 3.63) is 59.2 Å². The Morgan fingerprint density at radius 2 is 2.11 bits per heavy atom. The van der Waals surface area contributed by atoms with Gasteiger partial charge in [0.2, 0.25) is 0 Å². The molecule has 0 aliphatic heterocycles. The highest BCUT2D eigenvalue weighted by molar-refractivity contribution is 5.27.